The van der Waals surface area contributed by atoms with Crippen molar-refractivity contribution in [3.63, 3.8) is 0 Å². The summed E-state index contributed by atoms with van der Waals surface area (Å²) in [5, 5.41) is 10.3. The van der Waals surface area contributed by atoms with Crippen LogP contribution in [-0.2, 0) is 26.5 Å². The van der Waals surface area contributed by atoms with Crippen LogP contribution >= 0.6 is 0 Å². The molecule has 1 atom stereocenters. The van der Waals surface area contributed by atoms with E-state index < -0.39 is 24.1 Å². The van der Waals surface area contributed by atoms with E-state index in [1.54, 1.807) is 12.1 Å². The molecule has 0 fully saturated rings. The van der Waals surface area contributed by atoms with Crippen molar-refractivity contribution in [2.24, 2.45) is 0 Å². The molecule has 0 amide bonds. The molecular formula is C13H14F2O4. The van der Waals surface area contributed by atoms with Gasteiger partial charge in [-0.15, -0.1) is 0 Å². The number of halogens is 2. The number of hydrogen-bond acceptors (Lipinski definition) is 4. The van der Waals surface area contributed by atoms with Crippen molar-refractivity contribution in [1.82, 2.24) is 0 Å². The molecule has 1 aromatic carbocycles. The highest BCUT2D eigenvalue weighted by Gasteiger charge is 2.62. The van der Waals surface area contributed by atoms with Crippen LogP contribution in [0.1, 0.15) is 18.1 Å². The molecule has 0 radical (unpaired) electrons. The molecule has 2 rings (SSSR count). The topological polar surface area (TPSA) is 55.8 Å². The lowest BCUT2D eigenvalue weighted by Crippen LogP contribution is -2.56. The fourth-order valence-corrected chi connectivity index (χ4v) is 2.09. The van der Waals surface area contributed by atoms with E-state index in [2.05, 4.69) is 4.74 Å². The minimum atomic E-state index is -4.07. The van der Waals surface area contributed by atoms with Crippen molar-refractivity contribution < 1.29 is 28.2 Å². The predicted molar refractivity (Wildman–Crippen MR) is 61.6 cm³/mol. The zero-order chi connectivity index (χ0) is 14.1. The molecule has 1 unspecified atom stereocenters. The van der Waals surface area contributed by atoms with Gasteiger partial charge >= 0.3 is 11.9 Å². The Hall–Kier alpha value is -1.53. The summed E-state index contributed by atoms with van der Waals surface area (Å²) in [5.74, 6) is -5.82. The first-order chi connectivity index (χ1) is 8.93. The van der Waals surface area contributed by atoms with E-state index in [1.807, 2.05) is 0 Å². The molecule has 0 aromatic heterocycles. The molecule has 1 N–H and O–H groups in total. The van der Waals surface area contributed by atoms with Crippen LogP contribution in [0.4, 0.5) is 8.78 Å². The lowest BCUT2D eigenvalue weighted by molar-refractivity contribution is -0.235. The number of carbonyl (C=O) groups is 1. The van der Waals surface area contributed by atoms with Gasteiger partial charge in [0.25, 0.3) is 0 Å². The summed E-state index contributed by atoms with van der Waals surface area (Å²) >= 11 is 0. The Kier molecular flexibility index (Phi) is 3.56. The minimum absolute atomic E-state index is 0.000645. The van der Waals surface area contributed by atoms with Gasteiger partial charge in [-0.1, -0.05) is 24.3 Å². The summed E-state index contributed by atoms with van der Waals surface area (Å²) in [5.41, 5.74) is -2.27. The number of carbonyl (C=O) groups excluding carboxylic acids is 1. The second-order valence-electron chi connectivity index (χ2n) is 4.31. The normalized spacial score (nSPS) is 22.7. The summed E-state index contributed by atoms with van der Waals surface area (Å²) < 4.78 is 37.6. The molecule has 0 bridgehead atoms. The number of alkyl halides is 2. The highest BCUT2D eigenvalue weighted by Crippen LogP contribution is 2.42. The van der Waals surface area contributed by atoms with E-state index >= 15 is 0 Å². The molecule has 19 heavy (non-hydrogen) atoms. The van der Waals surface area contributed by atoms with Gasteiger partial charge in [0.1, 0.15) is 0 Å². The lowest BCUT2D eigenvalue weighted by Gasteiger charge is -2.38. The van der Waals surface area contributed by atoms with Gasteiger partial charge in [-0.25, -0.2) is 4.79 Å². The Balaban J connectivity index is 2.46. The first-order valence-corrected chi connectivity index (χ1v) is 5.87. The molecular weight excluding hydrogens is 258 g/mol. The van der Waals surface area contributed by atoms with Crippen LogP contribution in [0.3, 0.4) is 0 Å². The van der Waals surface area contributed by atoms with Crippen LogP contribution in [-0.4, -0.2) is 30.2 Å². The van der Waals surface area contributed by atoms with Crippen LogP contribution in [0.2, 0.25) is 0 Å². The maximum atomic E-state index is 14.1. The van der Waals surface area contributed by atoms with Crippen molar-refractivity contribution in [3.8, 4) is 0 Å². The van der Waals surface area contributed by atoms with E-state index in [-0.39, 0.29) is 18.8 Å². The summed E-state index contributed by atoms with van der Waals surface area (Å²) in [4.78, 5) is 11.4. The number of rotatable bonds is 3. The smallest absolute Gasteiger partial charge is 0.380 e. The summed E-state index contributed by atoms with van der Waals surface area (Å²) in [6.07, 6.45) is 0. The van der Waals surface area contributed by atoms with E-state index in [0.29, 0.717) is 5.56 Å². The number of esters is 1. The quantitative estimate of drug-likeness (QED) is 0.849. The first kappa shape index (κ1) is 13.9. The van der Waals surface area contributed by atoms with Gasteiger partial charge in [-0.3, -0.25) is 0 Å². The molecule has 1 aromatic rings. The Morgan fingerprint density at radius 1 is 1.53 bits per heavy atom. The predicted octanol–water partition coefficient (Wildman–Crippen LogP) is 1.60. The van der Waals surface area contributed by atoms with Crippen molar-refractivity contribution in [2.45, 2.75) is 25.1 Å². The van der Waals surface area contributed by atoms with Gasteiger partial charge in [-0.2, -0.15) is 8.78 Å². The fourth-order valence-electron chi connectivity index (χ4n) is 2.09. The maximum absolute atomic E-state index is 14.1. The van der Waals surface area contributed by atoms with Crippen LogP contribution in [0.25, 0.3) is 0 Å². The Morgan fingerprint density at radius 2 is 2.21 bits per heavy atom. The van der Waals surface area contributed by atoms with Gasteiger partial charge in [-0.05, 0) is 18.1 Å². The molecule has 0 spiro atoms. The summed E-state index contributed by atoms with van der Waals surface area (Å²) in [6.45, 7) is 0.698. The molecule has 0 saturated heterocycles. The van der Waals surface area contributed by atoms with Gasteiger partial charge in [0.2, 0.25) is 0 Å². The SMILES string of the molecule is CCOC(=O)C(F)(F)C1(O)COCc2ccccc21. The van der Waals surface area contributed by atoms with Crippen molar-refractivity contribution >= 4 is 5.97 Å². The van der Waals surface area contributed by atoms with Crippen LogP contribution < -0.4 is 0 Å². The van der Waals surface area contributed by atoms with Crippen molar-refractivity contribution in [3.05, 3.63) is 35.4 Å². The lowest BCUT2D eigenvalue weighted by atomic mass is 9.83. The van der Waals surface area contributed by atoms with Gasteiger partial charge in [0.15, 0.2) is 5.60 Å². The van der Waals surface area contributed by atoms with Crippen molar-refractivity contribution in [1.29, 1.82) is 0 Å². The number of hydrogen-bond donors (Lipinski definition) is 1. The zero-order valence-corrected chi connectivity index (χ0v) is 10.4. The number of aliphatic hydroxyl groups is 1. The molecule has 104 valence electrons. The highest BCUT2D eigenvalue weighted by atomic mass is 19.3. The standard InChI is InChI=1S/C13H14F2O4/c1-2-19-11(16)13(14,15)12(17)8-18-7-9-5-3-4-6-10(9)12/h3-6,17H,2,7-8H2,1H3. The van der Waals surface area contributed by atoms with Crippen LogP contribution in [0.15, 0.2) is 24.3 Å². The third-order valence-electron chi connectivity index (χ3n) is 3.08. The zero-order valence-electron chi connectivity index (χ0n) is 10.4. The Morgan fingerprint density at radius 3 is 2.89 bits per heavy atom. The third-order valence-corrected chi connectivity index (χ3v) is 3.08. The number of fused-ring (bicyclic) bond motifs is 1. The van der Waals surface area contributed by atoms with E-state index in [4.69, 9.17) is 4.74 Å². The average Bonchev–Trinajstić information content (AvgIpc) is 2.39. The van der Waals surface area contributed by atoms with Crippen molar-refractivity contribution in [2.75, 3.05) is 13.2 Å². The minimum Gasteiger partial charge on any atom is -0.461 e. The van der Waals surface area contributed by atoms with Crippen LogP contribution in [0, 0.1) is 0 Å². The van der Waals surface area contributed by atoms with Gasteiger partial charge in [0, 0.05) is 0 Å². The molecule has 6 heteroatoms. The van der Waals surface area contributed by atoms with E-state index in [1.165, 1.54) is 19.1 Å². The average molecular weight is 272 g/mol. The summed E-state index contributed by atoms with van der Waals surface area (Å²) in [7, 11) is 0. The maximum Gasteiger partial charge on any atom is 0.380 e. The highest BCUT2D eigenvalue weighted by molar-refractivity contribution is 5.80. The molecule has 1 aliphatic rings. The summed E-state index contributed by atoms with van der Waals surface area (Å²) in [6, 6.07) is 6.11. The largest absolute Gasteiger partial charge is 0.461 e. The van der Waals surface area contributed by atoms with Crippen LogP contribution in [0.5, 0.6) is 0 Å². The molecule has 0 aliphatic carbocycles. The molecule has 4 nitrogen and oxygen atoms in total. The van der Waals surface area contributed by atoms with E-state index in [9.17, 15) is 18.7 Å². The number of ether oxygens (including phenoxy) is 2. The number of benzene rings is 1. The second-order valence-corrected chi connectivity index (χ2v) is 4.31. The fraction of sp³-hybridized carbons (Fsp3) is 0.462. The monoisotopic (exact) mass is 272 g/mol. The molecule has 0 saturated carbocycles. The second kappa shape index (κ2) is 4.86. The molecule has 1 aliphatic heterocycles. The van der Waals surface area contributed by atoms with E-state index in [0.717, 1.165) is 0 Å². The van der Waals surface area contributed by atoms with Gasteiger partial charge in [0.05, 0.1) is 19.8 Å². The van der Waals surface area contributed by atoms with Gasteiger partial charge < -0.3 is 14.6 Å². The third kappa shape index (κ3) is 2.11. The first-order valence-electron chi connectivity index (χ1n) is 5.87. The molecule has 1 heterocycles. The Bertz CT molecular complexity index is 489. The Labute approximate surface area is 108 Å².